The first-order chi connectivity index (χ1) is 11.7. The van der Waals surface area contributed by atoms with Gasteiger partial charge in [0.05, 0.1) is 5.01 Å². The third kappa shape index (κ3) is 6.47. The van der Waals surface area contributed by atoms with E-state index in [9.17, 15) is 4.79 Å². The van der Waals surface area contributed by atoms with Crippen molar-refractivity contribution in [2.45, 2.75) is 57.9 Å². The van der Waals surface area contributed by atoms with Crippen molar-refractivity contribution in [2.75, 3.05) is 20.1 Å². The molecule has 1 aliphatic rings. The van der Waals surface area contributed by atoms with Gasteiger partial charge in [0.1, 0.15) is 0 Å². The van der Waals surface area contributed by atoms with Crippen molar-refractivity contribution in [3.8, 4) is 0 Å². The van der Waals surface area contributed by atoms with Gasteiger partial charge in [-0.1, -0.05) is 19.8 Å². The number of hydrogen-bond donors (Lipinski definition) is 3. The lowest BCUT2D eigenvalue weighted by Crippen LogP contribution is -2.41. The Morgan fingerprint density at radius 3 is 2.75 bits per heavy atom. The van der Waals surface area contributed by atoms with E-state index in [-0.39, 0.29) is 5.91 Å². The number of amides is 1. The van der Waals surface area contributed by atoms with Crippen molar-refractivity contribution in [3.05, 3.63) is 16.1 Å². The number of hydrogen-bond acceptors (Lipinski definition) is 4. The molecule has 0 bridgehead atoms. The van der Waals surface area contributed by atoms with Crippen LogP contribution in [0.1, 0.15) is 48.9 Å². The largest absolute Gasteiger partial charge is 0.356 e. The zero-order valence-corrected chi connectivity index (χ0v) is 15.5. The van der Waals surface area contributed by atoms with E-state index in [0.29, 0.717) is 19.0 Å². The fraction of sp³-hybridized carbons (Fsp3) is 0.706. The van der Waals surface area contributed by atoms with Gasteiger partial charge in [-0.15, -0.1) is 11.3 Å². The van der Waals surface area contributed by atoms with Crippen LogP contribution in [0.5, 0.6) is 0 Å². The van der Waals surface area contributed by atoms with Gasteiger partial charge in [0, 0.05) is 50.1 Å². The van der Waals surface area contributed by atoms with Crippen LogP contribution in [0, 0.1) is 0 Å². The van der Waals surface area contributed by atoms with Crippen molar-refractivity contribution >= 4 is 23.2 Å². The van der Waals surface area contributed by atoms with Crippen LogP contribution in [-0.4, -0.2) is 43.0 Å². The van der Waals surface area contributed by atoms with Gasteiger partial charge in [-0.2, -0.15) is 0 Å². The highest BCUT2D eigenvalue weighted by atomic mass is 32.1. The Balaban J connectivity index is 1.58. The molecule has 1 heterocycles. The van der Waals surface area contributed by atoms with Crippen molar-refractivity contribution in [1.82, 2.24) is 20.9 Å². The topological polar surface area (TPSA) is 78.4 Å². The average Bonchev–Trinajstić information content (AvgIpc) is 3.25. The standard InChI is InChI=1S/C17H29N5OS/c1-3-14-12-21-16(24-14)9-11-20-17(18-2)19-10-8-15(23)22-13-6-4-5-7-13/h12-13H,3-11H2,1-2H3,(H,22,23)(H2,18,19,20). The fourth-order valence-electron chi connectivity index (χ4n) is 2.80. The maximum absolute atomic E-state index is 11.9. The molecule has 0 atom stereocenters. The molecule has 3 N–H and O–H groups in total. The Bertz CT molecular complexity index is 537. The lowest BCUT2D eigenvalue weighted by molar-refractivity contribution is -0.121. The minimum atomic E-state index is 0.125. The number of aliphatic imine (C=N–C) groups is 1. The van der Waals surface area contributed by atoms with Crippen molar-refractivity contribution in [1.29, 1.82) is 0 Å². The van der Waals surface area contributed by atoms with Crippen molar-refractivity contribution in [2.24, 2.45) is 4.99 Å². The number of aromatic nitrogens is 1. The van der Waals surface area contributed by atoms with Gasteiger partial charge in [0.15, 0.2) is 5.96 Å². The van der Waals surface area contributed by atoms with Crippen LogP contribution >= 0.6 is 11.3 Å². The predicted molar refractivity (Wildman–Crippen MR) is 99.6 cm³/mol. The van der Waals surface area contributed by atoms with Crippen molar-refractivity contribution in [3.63, 3.8) is 0 Å². The molecular formula is C17H29N5OS. The molecule has 0 unspecified atom stereocenters. The fourth-order valence-corrected chi connectivity index (χ4v) is 3.66. The number of carbonyl (C=O) groups excluding carboxylic acids is 1. The molecule has 0 aliphatic heterocycles. The number of nitrogens with one attached hydrogen (secondary N) is 3. The summed E-state index contributed by atoms with van der Waals surface area (Å²) in [5.41, 5.74) is 0. The zero-order valence-electron chi connectivity index (χ0n) is 14.7. The first kappa shape index (κ1) is 18.7. The summed E-state index contributed by atoms with van der Waals surface area (Å²) in [6.45, 7) is 3.52. The van der Waals surface area contributed by atoms with Crippen LogP contribution in [0.2, 0.25) is 0 Å². The van der Waals surface area contributed by atoms with Crippen LogP contribution in [0.15, 0.2) is 11.2 Å². The molecule has 1 aliphatic carbocycles. The van der Waals surface area contributed by atoms with Gasteiger partial charge in [0.2, 0.25) is 5.91 Å². The van der Waals surface area contributed by atoms with E-state index in [1.54, 1.807) is 18.4 Å². The zero-order chi connectivity index (χ0) is 17.2. The van der Waals surface area contributed by atoms with E-state index < -0.39 is 0 Å². The number of carbonyl (C=O) groups is 1. The second-order valence-electron chi connectivity index (χ2n) is 6.05. The Labute approximate surface area is 148 Å². The highest BCUT2D eigenvalue weighted by Gasteiger charge is 2.16. The van der Waals surface area contributed by atoms with Crippen molar-refractivity contribution < 1.29 is 4.79 Å². The maximum atomic E-state index is 11.9. The summed E-state index contributed by atoms with van der Waals surface area (Å²) in [5.74, 6) is 0.857. The molecule has 1 fully saturated rings. The summed E-state index contributed by atoms with van der Waals surface area (Å²) < 4.78 is 0. The number of thiazole rings is 1. The van der Waals surface area contributed by atoms with E-state index in [0.717, 1.165) is 43.2 Å². The van der Waals surface area contributed by atoms with Crippen LogP contribution in [0.25, 0.3) is 0 Å². The Kier molecular flexibility index (Phi) is 8.01. The summed E-state index contributed by atoms with van der Waals surface area (Å²) >= 11 is 1.76. The number of nitrogens with zero attached hydrogens (tertiary/aromatic N) is 2. The molecule has 1 amide bonds. The van der Waals surface area contributed by atoms with Crippen LogP contribution in [0.4, 0.5) is 0 Å². The molecule has 6 nitrogen and oxygen atoms in total. The molecular weight excluding hydrogens is 322 g/mol. The summed E-state index contributed by atoms with van der Waals surface area (Å²) in [7, 11) is 1.74. The third-order valence-electron chi connectivity index (χ3n) is 4.17. The van der Waals surface area contributed by atoms with Crippen LogP contribution < -0.4 is 16.0 Å². The molecule has 0 aromatic carbocycles. The predicted octanol–water partition coefficient (Wildman–Crippen LogP) is 1.86. The van der Waals surface area contributed by atoms with Gasteiger partial charge in [0.25, 0.3) is 0 Å². The minimum absolute atomic E-state index is 0.125. The Morgan fingerprint density at radius 2 is 2.08 bits per heavy atom. The molecule has 24 heavy (non-hydrogen) atoms. The molecule has 0 radical (unpaired) electrons. The Morgan fingerprint density at radius 1 is 1.33 bits per heavy atom. The smallest absolute Gasteiger partial charge is 0.221 e. The van der Waals surface area contributed by atoms with Gasteiger partial charge in [-0.3, -0.25) is 9.79 Å². The first-order valence-electron chi connectivity index (χ1n) is 8.88. The quantitative estimate of drug-likeness (QED) is 0.493. The molecule has 134 valence electrons. The van der Waals surface area contributed by atoms with E-state index in [1.807, 2.05) is 6.20 Å². The van der Waals surface area contributed by atoms with Gasteiger partial charge in [-0.25, -0.2) is 4.98 Å². The van der Waals surface area contributed by atoms with Gasteiger partial charge in [-0.05, 0) is 19.3 Å². The monoisotopic (exact) mass is 351 g/mol. The van der Waals surface area contributed by atoms with E-state index in [4.69, 9.17) is 0 Å². The third-order valence-corrected chi connectivity index (χ3v) is 5.37. The number of rotatable bonds is 8. The van der Waals surface area contributed by atoms with Gasteiger partial charge < -0.3 is 16.0 Å². The minimum Gasteiger partial charge on any atom is -0.356 e. The lowest BCUT2D eigenvalue weighted by atomic mass is 10.2. The highest BCUT2D eigenvalue weighted by molar-refractivity contribution is 7.11. The maximum Gasteiger partial charge on any atom is 0.221 e. The molecule has 0 spiro atoms. The molecule has 2 rings (SSSR count). The second kappa shape index (κ2) is 10.3. The molecule has 1 aromatic heterocycles. The Hall–Kier alpha value is -1.63. The molecule has 7 heteroatoms. The SMILES string of the molecule is CCc1cnc(CCNC(=NC)NCCC(=O)NC2CCCC2)s1. The summed E-state index contributed by atoms with van der Waals surface area (Å²) in [6.07, 6.45) is 9.07. The van der Waals surface area contributed by atoms with Crippen LogP contribution in [-0.2, 0) is 17.6 Å². The van der Waals surface area contributed by atoms with E-state index in [1.165, 1.54) is 17.7 Å². The normalized spacial score (nSPS) is 15.5. The van der Waals surface area contributed by atoms with Crippen LogP contribution in [0.3, 0.4) is 0 Å². The van der Waals surface area contributed by atoms with E-state index >= 15 is 0 Å². The average molecular weight is 352 g/mol. The summed E-state index contributed by atoms with van der Waals surface area (Å²) in [4.78, 5) is 21.8. The molecule has 1 aromatic rings. The molecule has 0 saturated heterocycles. The van der Waals surface area contributed by atoms with Gasteiger partial charge >= 0.3 is 0 Å². The first-order valence-corrected chi connectivity index (χ1v) is 9.70. The number of guanidine groups is 1. The lowest BCUT2D eigenvalue weighted by Gasteiger charge is -2.13. The second-order valence-corrected chi connectivity index (χ2v) is 7.25. The summed E-state index contributed by atoms with van der Waals surface area (Å²) in [5, 5.41) is 10.7. The summed E-state index contributed by atoms with van der Waals surface area (Å²) in [6, 6.07) is 0.390. The highest BCUT2D eigenvalue weighted by Crippen LogP contribution is 2.17. The number of aryl methyl sites for hydroxylation is 1. The van der Waals surface area contributed by atoms with E-state index in [2.05, 4.69) is 32.9 Å². The molecule has 1 saturated carbocycles.